The molecule has 0 aromatic heterocycles. The minimum atomic E-state index is -0.828. The SMILES string of the molecule is NCC(O)CC(=O)Oc1ccccc1. The Morgan fingerprint density at radius 1 is 1.43 bits per heavy atom. The molecule has 0 bridgehead atoms. The molecule has 0 saturated heterocycles. The van der Waals surface area contributed by atoms with Crippen molar-refractivity contribution in [3.8, 4) is 5.75 Å². The third kappa shape index (κ3) is 3.55. The van der Waals surface area contributed by atoms with Gasteiger partial charge < -0.3 is 15.6 Å². The number of hydrogen-bond acceptors (Lipinski definition) is 4. The first-order valence-corrected chi connectivity index (χ1v) is 4.36. The molecule has 1 aromatic rings. The van der Waals surface area contributed by atoms with Crippen molar-refractivity contribution in [2.45, 2.75) is 12.5 Å². The highest BCUT2D eigenvalue weighted by Crippen LogP contribution is 2.09. The molecular weight excluding hydrogens is 182 g/mol. The van der Waals surface area contributed by atoms with Crippen LogP contribution in [0.1, 0.15) is 6.42 Å². The number of hydrogen-bond donors (Lipinski definition) is 2. The van der Waals surface area contributed by atoms with E-state index < -0.39 is 12.1 Å². The molecule has 0 spiro atoms. The zero-order valence-electron chi connectivity index (χ0n) is 7.72. The van der Waals surface area contributed by atoms with E-state index >= 15 is 0 Å². The molecule has 0 aliphatic rings. The van der Waals surface area contributed by atoms with Crippen molar-refractivity contribution in [2.24, 2.45) is 5.73 Å². The first-order valence-electron chi connectivity index (χ1n) is 4.36. The molecule has 0 aliphatic carbocycles. The summed E-state index contributed by atoms with van der Waals surface area (Å²) < 4.78 is 4.93. The van der Waals surface area contributed by atoms with E-state index in [2.05, 4.69) is 0 Å². The van der Waals surface area contributed by atoms with E-state index in [0.29, 0.717) is 5.75 Å². The maximum Gasteiger partial charge on any atom is 0.313 e. The van der Waals surface area contributed by atoms with Crippen LogP contribution in [0.25, 0.3) is 0 Å². The predicted octanol–water partition coefficient (Wildman–Crippen LogP) is 0.302. The van der Waals surface area contributed by atoms with Crippen molar-refractivity contribution >= 4 is 5.97 Å². The Hall–Kier alpha value is -1.39. The Balaban J connectivity index is 2.42. The lowest BCUT2D eigenvalue weighted by Crippen LogP contribution is -2.25. The van der Waals surface area contributed by atoms with Crippen molar-refractivity contribution in [1.29, 1.82) is 0 Å². The highest BCUT2D eigenvalue weighted by atomic mass is 16.5. The first-order chi connectivity index (χ1) is 6.72. The second kappa shape index (κ2) is 5.36. The largest absolute Gasteiger partial charge is 0.426 e. The summed E-state index contributed by atoms with van der Waals surface area (Å²) in [5.74, 6) is -0.00382. The van der Waals surface area contributed by atoms with Gasteiger partial charge >= 0.3 is 5.97 Å². The fourth-order valence-electron chi connectivity index (χ4n) is 0.937. The second-order valence-electron chi connectivity index (χ2n) is 2.88. The van der Waals surface area contributed by atoms with Gasteiger partial charge in [0.05, 0.1) is 12.5 Å². The van der Waals surface area contributed by atoms with E-state index in [1.165, 1.54) is 0 Å². The zero-order valence-corrected chi connectivity index (χ0v) is 7.72. The van der Waals surface area contributed by atoms with Gasteiger partial charge in [0, 0.05) is 6.54 Å². The molecule has 0 amide bonds. The summed E-state index contributed by atoms with van der Waals surface area (Å²) in [6, 6.07) is 8.70. The highest BCUT2D eigenvalue weighted by Gasteiger charge is 2.10. The van der Waals surface area contributed by atoms with Crippen molar-refractivity contribution in [2.75, 3.05) is 6.54 Å². The summed E-state index contributed by atoms with van der Waals surface area (Å²) in [5.41, 5.74) is 5.16. The number of rotatable bonds is 4. The quantitative estimate of drug-likeness (QED) is 0.535. The topological polar surface area (TPSA) is 72.5 Å². The van der Waals surface area contributed by atoms with Crippen molar-refractivity contribution in [1.82, 2.24) is 0 Å². The van der Waals surface area contributed by atoms with Crippen LogP contribution in [0.2, 0.25) is 0 Å². The lowest BCUT2D eigenvalue weighted by atomic mass is 10.2. The van der Waals surface area contributed by atoms with Gasteiger partial charge in [-0.15, -0.1) is 0 Å². The van der Waals surface area contributed by atoms with Gasteiger partial charge in [0.2, 0.25) is 0 Å². The monoisotopic (exact) mass is 195 g/mol. The lowest BCUT2D eigenvalue weighted by Gasteiger charge is -2.07. The van der Waals surface area contributed by atoms with Crippen LogP contribution in [0, 0.1) is 0 Å². The molecule has 0 saturated carbocycles. The molecule has 1 rings (SSSR count). The maximum absolute atomic E-state index is 11.1. The number of para-hydroxylation sites is 1. The Bertz CT molecular complexity index is 287. The van der Waals surface area contributed by atoms with Gasteiger partial charge in [-0.2, -0.15) is 0 Å². The third-order valence-electron chi connectivity index (χ3n) is 1.65. The second-order valence-corrected chi connectivity index (χ2v) is 2.88. The average Bonchev–Trinajstić information content (AvgIpc) is 2.19. The van der Waals surface area contributed by atoms with Crippen LogP contribution >= 0.6 is 0 Å². The van der Waals surface area contributed by atoms with Gasteiger partial charge in [0.25, 0.3) is 0 Å². The summed E-state index contributed by atoms with van der Waals surface area (Å²) in [6.07, 6.45) is -0.906. The zero-order chi connectivity index (χ0) is 10.4. The van der Waals surface area contributed by atoms with Crippen LogP contribution in [-0.2, 0) is 4.79 Å². The Morgan fingerprint density at radius 3 is 2.64 bits per heavy atom. The van der Waals surface area contributed by atoms with Gasteiger partial charge in [-0.1, -0.05) is 18.2 Å². The fraction of sp³-hybridized carbons (Fsp3) is 0.300. The number of carbonyl (C=O) groups excluding carboxylic acids is 1. The van der Waals surface area contributed by atoms with E-state index in [0.717, 1.165) is 0 Å². The Morgan fingerprint density at radius 2 is 2.07 bits per heavy atom. The molecule has 4 heteroatoms. The normalized spacial score (nSPS) is 12.1. The van der Waals surface area contributed by atoms with E-state index in [9.17, 15) is 4.79 Å². The van der Waals surface area contributed by atoms with Crippen LogP contribution in [-0.4, -0.2) is 23.7 Å². The lowest BCUT2D eigenvalue weighted by molar-refractivity contribution is -0.136. The van der Waals surface area contributed by atoms with E-state index in [1.807, 2.05) is 6.07 Å². The number of carbonyl (C=O) groups is 1. The molecule has 1 aromatic carbocycles. The number of benzene rings is 1. The molecule has 0 aliphatic heterocycles. The van der Waals surface area contributed by atoms with Gasteiger partial charge in [-0.3, -0.25) is 4.79 Å². The van der Waals surface area contributed by atoms with Crippen LogP contribution in [0.3, 0.4) is 0 Å². The molecular formula is C10H13NO3. The average molecular weight is 195 g/mol. The molecule has 0 fully saturated rings. The van der Waals surface area contributed by atoms with Gasteiger partial charge in [-0.25, -0.2) is 0 Å². The summed E-state index contributed by atoms with van der Waals surface area (Å²) in [6.45, 7) is 0.0594. The molecule has 1 unspecified atom stereocenters. The Labute approximate surface area is 82.3 Å². The highest BCUT2D eigenvalue weighted by molar-refractivity contribution is 5.72. The van der Waals surface area contributed by atoms with Crippen LogP contribution in [0.4, 0.5) is 0 Å². The molecule has 14 heavy (non-hydrogen) atoms. The van der Waals surface area contributed by atoms with Crippen molar-refractivity contribution in [3.05, 3.63) is 30.3 Å². The minimum Gasteiger partial charge on any atom is -0.426 e. The molecule has 0 heterocycles. The number of esters is 1. The van der Waals surface area contributed by atoms with Gasteiger partial charge in [0.1, 0.15) is 5.75 Å². The molecule has 1 atom stereocenters. The minimum absolute atomic E-state index is 0.0594. The number of aliphatic hydroxyl groups is 1. The molecule has 76 valence electrons. The molecule has 0 radical (unpaired) electrons. The Kier molecular flexibility index (Phi) is 4.10. The first kappa shape index (κ1) is 10.7. The maximum atomic E-state index is 11.1. The molecule has 3 N–H and O–H groups in total. The summed E-state index contributed by atoms with van der Waals surface area (Å²) in [7, 11) is 0. The smallest absolute Gasteiger partial charge is 0.313 e. The van der Waals surface area contributed by atoms with E-state index in [1.54, 1.807) is 24.3 Å². The van der Waals surface area contributed by atoms with E-state index in [4.69, 9.17) is 15.6 Å². The fourth-order valence-corrected chi connectivity index (χ4v) is 0.937. The number of aliphatic hydroxyl groups excluding tert-OH is 1. The standard InChI is InChI=1S/C10H13NO3/c11-7-8(12)6-10(13)14-9-4-2-1-3-5-9/h1-5,8,12H,6-7,11H2. The van der Waals surface area contributed by atoms with E-state index in [-0.39, 0.29) is 13.0 Å². The summed E-state index contributed by atoms with van der Waals surface area (Å²) in [4.78, 5) is 11.1. The summed E-state index contributed by atoms with van der Waals surface area (Å²) >= 11 is 0. The van der Waals surface area contributed by atoms with Crippen LogP contribution in [0.15, 0.2) is 30.3 Å². The summed E-state index contributed by atoms with van der Waals surface area (Å²) in [5, 5.41) is 9.08. The predicted molar refractivity (Wildman–Crippen MR) is 51.8 cm³/mol. The molecule has 4 nitrogen and oxygen atoms in total. The van der Waals surface area contributed by atoms with Crippen molar-refractivity contribution in [3.63, 3.8) is 0 Å². The third-order valence-corrected chi connectivity index (χ3v) is 1.65. The van der Waals surface area contributed by atoms with Crippen LogP contribution in [0.5, 0.6) is 5.75 Å². The number of ether oxygens (including phenoxy) is 1. The van der Waals surface area contributed by atoms with Gasteiger partial charge in [-0.05, 0) is 12.1 Å². The van der Waals surface area contributed by atoms with Crippen molar-refractivity contribution < 1.29 is 14.6 Å². The van der Waals surface area contributed by atoms with Crippen LogP contribution < -0.4 is 10.5 Å². The van der Waals surface area contributed by atoms with Gasteiger partial charge in [0.15, 0.2) is 0 Å². The number of nitrogens with two attached hydrogens (primary N) is 1.